The van der Waals surface area contributed by atoms with Crippen LogP contribution in [0.15, 0.2) is 53.7 Å². The largest absolute Gasteiger partial charge is 0.504 e. The Bertz CT molecular complexity index is 1280. The second-order valence-corrected chi connectivity index (χ2v) is 9.15. The van der Waals surface area contributed by atoms with Crippen LogP contribution in [-0.2, 0) is 0 Å². The Morgan fingerprint density at radius 1 is 1.28 bits per heavy atom. The van der Waals surface area contributed by atoms with E-state index in [4.69, 9.17) is 0 Å². The maximum Gasteiger partial charge on any atom is 0.270 e. The molecule has 0 saturated carbocycles. The van der Waals surface area contributed by atoms with Gasteiger partial charge in [-0.05, 0) is 45.1 Å². The van der Waals surface area contributed by atoms with Crippen molar-refractivity contribution in [3.63, 3.8) is 0 Å². The standard InChI is InChI=1S/C26H32FN7O2/c1-6-33(5)31-21-10-8-18(24(35)22(21)27)25-29-20-9-7-17(15-19(20)23(30-25)26(36)28-2)34-13-11-16(12-14-34)32(3)4/h6-9,15-16,35H,1,10-14H2,2-5H3,(H,28,36)/b31-21+. The molecule has 2 aromatic rings. The lowest BCUT2D eigenvalue weighted by Crippen LogP contribution is -2.42. The molecule has 190 valence electrons. The highest BCUT2D eigenvalue weighted by molar-refractivity contribution is 6.07. The number of nitrogens with zero attached hydrogens (tertiary/aromatic N) is 6. The van der Waals surface area contributed by atoms with Gasteiger partial charge < -0.3 is 20.2 Å². The monoisotopic (exact) mass is 493 g/mol. The maximum atomic E-state index is 14.9. The summed E-state index contributed by atoms with van der Waals surface area (Å²) in [6.07, 6.45) is 5.27. The molecule has 1 saturated heterocycles. The van der Waals surface area contributed by atoms with E-state index in [1.807, 2.05) is 18.2 Å². The van der Waals surface area contributed by atoms with Crippen LogP contribution in [0.4, 0.5) is 10.1 Å². The minimum absolute atomic E-state index is 0.0636. The SMILES string of the molecule is C=CN(C)/N=C1\CC=C(c2nc(C(=O)NC)c3cc(N4CCC(N(C)C)CC4)ccc3n2)C(O)=C1F. The Balaban J connectivity index is 1.72. The molecule has 4 rings (SSSR count). The van der Waals surface area contributed by atoms with Crippen molar-refractivity contribution in [3.8, 4) is 0 Å². The smallest absolute Gasteiger partial charge is 0.270 e. The summed E-state index contributed by atoms with van der Waals surface area (Å²) in [5.74, 6) is -1.78. The molecule has 0 unspecified atom stereocenters. The van der Waals surface area contributed by atoms with Crippen LogP contribution in [0.5, 0.6) is 0 Å². The zero-order valence-corrected chi connectivity index (χ0v) is 21.1. The van der Waals surface area contributed by atoms with Gasteiger partial charge in [0.15, 0.2) is 17.4 Å². The quantitative estimate of drug-likeness (QED) is 0.595. The minimum Gasteiger partial charge on any atom is -0.504 e. The summed E-state index contributed by atoms with van der Waals surface area (Å²) in [5, 5.41) is 19.3. The normalized spacial score (nSPS) is 18.1. The molecule has 2 heterocycles. The van der Waals surface area contributed by atoms with Crippen LogP contribution in [-0.4, -0.2) is 83.9 Å². The van der Waals surface area contributed by atoms with Gasteiger partial charge in [0.05, 0.1) is 11.1 Å². The highest BCUT2D eigenvalue weighted by atomic mass is 19.1. The summed E-state index contributed by atoms with van der Waals surface area (Å²) < 4.78 is 14.9. The van der Waals surface area contributed by atoms with Crippen molar-refractivity contribution in [3.05, 3.63) is 60.2 Å². The first-order valence-corrected chi connectivity index (χ1v) is 11.9. The number of hydrogen-bond donors (Lipinski definition) is 2. The van der Waals surface area contributed by atoms with Gasteiger partial charge in [0.25, 0.3) is 5.91 Å². The summed E-state index contributed by atoms with van der Waals surface area (Å²) in [7, 11) is 7.36. The van der Waals surface area contributed by atoms with Crippen LogP contribution in [0.1, 0.15) is 35.6 Å². The number of aliphatic hydroxyl groups is 1. The van der Waals surface area contributed by atoms with Gasteiger partial charge in [0, 0.05) is 56.9 Å². The summed E-state index contributed by atoms with van der Waals surface area (Å²) in [5.41, 5.74) is 1.88. The van der Waals surface area contributed by atoms with Crippen LogP contribution in [0.3, 0.4) is 0 Å². The molecule has 0 radical (unpaired) electrons. The van der Waals surface area contributed by atoms with Crippen molar-refractivity contribution in [1.29, 1.82) is 0 Å². The third-order valence-corrected chi connectivity index (χ3v) is 6.68. The lowest BCUT2D eigenvalue weighted by atomic mass is 10.0. The van der Waals surface area contributed by atoms with Crippen LogP contribution in [0.25, 0.3) is 16.5 Å². The number of rotatable bonds is 6. The predicted molar refractivity (Wildman–Crippen MR) is 141 cm³/mol. The lowest BCUT2D eigenvalue weighted by Gasteiger charge is -2.36. The van der Waals surface area contributed by atoms with E-state index in [9.17, 15) is 14.3 Å². The average Bonchev–Trinajstić information content (AvgIpc) is 2.90. The second-order valence-electron chi connectivity index (χ2n) is 9.15. The fraction of sp³-hybridized carbons (Fsp3) is 0.385. The van der Waals surface area contributed by atoms with Crippen LogP contribution in [0, 0.1) is 0 Å². The zero-order chi connectivity index (χ0) is 26.0. The van der Waals surface area contributed by atoms with Crippen molar-refractivity contribution in [2.45, 2.75) is 25.3 Å². The summed E-state index contributed by atoms with van der Waals surface area (Å²) in [6, 6.07) is 6.31. The van der Waals surface area contributed by atoms with Gasteiger partial charge in [-0.2, -0.15) is 5.10 Å². The number of carbonyl (C=O) groups excluding carboxylic acids is 1. The van der Waals surface area contributed by atoms with E-state index in [-0.39, 0.29) is 35.1 Å². The van der Waals surface area contributed by atoms with Crippen LogP contribution < -0.4 is 10.2 Å². The Morgan fingerprint density at radius 3 is 2.64 bits per heavy atom. The topological polar surface area (TPSA) is 97.2 Å². The highest BCUT2D eigenvalue weighted by Gasteiger charge is 2.27. The van der Waals surface area contributed by atoms with Crippen molar-refractivity contribution < 1.29 is 14.3 Å². The molecular formula is C26H32FN7O2. The summed E-state index contributed by atoms with van der Waals surface area (Å²) >= 11 is 0. The van der Waals surface area contributed by atoms with Crippen LogP contribution in [0.2, 0.25) is 0 Å². The van der Waals surface area contributed by atoms with E-state index >= 15 is 0 Å². The van der Waals surface area contributed by atoms with Gasteiger partial charge in [-0.15, -0.1) is 0 Å². The third kappa shape index (κ3) is 4.94. The molecule has 1 amide bonds. The van der Waals surface area contributed by atoms with Gasteiger partial charge in [-0.25, -0.2) is 14.4 Å². The van der Waals surface area contributed by atoms with E-state index in [0.29, 0.717) is 16.9 Å². The predicted octanol–water partition coefficient (Wildman–Crippen LogP) is 3.48. The van der Waals surface area contributed by atoms with Crippen molar-refractivity contribution in [1.82, 2.24) is 25.2 Å². The van der Waals surface area contributed by atoms with Gasteiger partial charge in [0.2, 0.25) is 0 Å². The molecule has 1 aliphatic carbocycles. The van der Waals surface area contributed by atoms with Gasteiger partial charge in [0.1, 0.15) is 11.4 Å². The Morgan fingerprint density at radius 2 is 2.00 bits per heavy atom. The number of hydrazone groups is 1. The first-order valence-electron chi connectivity index (χ1n) is 11.9. The number of carbonyl (C=O) groups is 1. The van der Waals surface area contributed by atoms with E-state index in [2.05, 4.69) is 50.9 Å². The number of allylic oxidation sites excluding steroid dienone is 3. The number of aromatic nitrogens is 2. The van der Waals surface area contributed by atoms with E-state index < -0.39 is 11.6 Å². The van der Waals surface area contributed by atoms with Crippen molar-refractivity contribution in [2.24, 2.45) is 5.10 Å². The molecule has 1 aromatic heterocycles. The van der Waals surface area contributed by atoms with Crippen molar-refractivity contribution in [2.75, 3.05) is 46.2 Å². The third-order valence-electron chi connectivity index (χ3n) is 6.68. The van der Waals surface area contributed by atoms with E-state index in [1.165, 1.54) is 18.3 Å². The minimum atomic E-state index is -0.858. The van der Waals surface area contributed by atoms with Crippen LogP contribution >= 0.6 is 0 Å². The van der Waals surface area contributed by atoms with E-state index in [1.54, 1.807) is 13.1 Å². The Kier molecular flexibility index (Phi) is 7.35. The van der Waals surface area contributed by atoms with Gasteiger partial charge in [-0.3, -0.25) is 9.80 Å². The Hall–Kier alpha value is -3.79. The maximum absolute atomic E-state index is 14.9. The molecule has 1 fully saturated rings. The molecule has 2 N–H and O–H groups in total. The number of nitrogens with one attached hydrogen (secondary N) is 1. The molecule has 0 spiro atoms. The molecule has 1 aliphatic heterocycles. The number of piperidine rings is 1. The zero-order valence-electron chi connectivity index (χ0n) is 21.1. The first-order chi connectivity index (χ1) is 17.2. The first kappa shape index (κ1) is 25.3. The van der Waals surface area contributed by atoms with Gasteiger partial charge in [-0.1, -0.05) is 12.7 Å². The molecular weight excluding hydrogens is 461 g/mol. The highest BCUT2D eigenvalue weighted by Crippen LogP contribution is 2.32. The average molecular weight is 494 g/mol. The number of fused-ring (bicyclic) bond motifs is 1. The number of aliphatic hydroxyl groups excluding tert-OH is 1. The molecule has 10 heteroatoms. The summed E-state index contributed by atoms with van der Waals surface area (Å²) in [6.45, 7) is 5.41. The number of amides is 1. The molecule has 2 aliphatic rings. The van der Waals surface area contributed by atoms with Gasteiger partial charge >= 0.3 is 0 Å². The molecule has 0 bridgehead atoms. The molecule has 36 heavy (non-hydrogen) atoms. The number of benzene rings is 1. The molecule has 9 nitrogen and oxygen atoms in total. The molecule has 0 atom stereocenters. The number of hydrogen-bond acceptors (Lipinski definition) is 8. The fourth-order valence-corrected chi connectivity index (χ4v) is 4.52. The van der Waals surface area contributed by atoms with E-state index in [0.717, 1.165) is 31.6 Å². The Labute approximate surface area is 210 Å². The molecule has 1 aromatic carbocycles. The second kappa shape index (κ2) is 10.4. The number of halogens is 1. The number of anilines is 1. The lowest BCUT2D eigenvalue weighted by molar-refractivity contribution is 0.0959. The fourth-order valence-electron chi connectivity index (χ4n) is 4.52. The summed E-state index contributed by atoms with van der Waals surface area (Å²) in [4.78, 5) is 26.4. The van der Waals surface area contributed by atoms with Crippen molar-refractivity contribution >= 4 is 33.8 Å².